The zero-order valence-corrected chi connectivity index (χ0v) is 11.5. The zero-order chi connectivity index (χ0) is 13.4. The second-order valence-corrected chi connectivity index (χ2v) is 5.79. The van der Waals surface area contributed by atoms with Gasteiger partial charge in [0.15, 0.2) is 0 Å². The fourth-order valence-corrected chi connectivity index (χ4v) is 3.59. The quantitative estimate of drug-likeness (QED) is 0.854. The number of pyridine rings is 1. The lowest BCUT2D eigenvalue weighted by atomic mass is 9.95. The van der Waals surface area contributed by atoms with Crippen molar-refractivity contribution in [1.82, 2.24) is 19.9 Å². The number of hydrogen-bond acceptors (Lipinski definition) is 5. The number of aromatic nitrogens is 3. The maximum absolute atomic E-state index is 5.92. The molecule has 0 spiro atoms. The molecular formula is C15H18N4O. The minimum absolute atomic E-state index is 0.247. The first-order chi connectivity index (χ1) is 9.86. The van der Waals surface area contributed by atoms with Crippen molar-refractivity contribution in [3.63, 3.8) is 0 Å². The van der Waals surface area contributed by atoms with Crippen molar-refractivity contribution in [2.75, 3.05) is 19.7 Å². The van der Waals surface area contributed by atoms with Gasteiger partial charge in [0.25, 0.3) is 0 Å². The summed E-state index contributed by atoms with van der Waals surface area (Å²) in [7, 11) is 0. The van der Waals surface area contributed by atoms with E-state index in [1.807, 2.05) is 6.07 Å². The SMILES string of the molecule is c1cc2nc(OCC34CCCN3CCC4)ncc2cn1. The molecule has 2 fully saturated rings. The van der Waals surface area contributed by atoms with Crippen LogP contribution in [0.2, 0.25) is 0 Å². The molecule has 0 radical (unpaired) electrons. The molecule has 0 aliphatic carbocycles. The van der Waals surface area contributed by atoms with Crippen molar-refractivity contribution < 1.29 is 4.74 Å². The molecule has 5 heteroatoms. The summed E-state index contributed by atoms with van der Waals surface area (Å²) in [4.78, 5) is 15.4. The molecule has 20 heavy (non-hydrogen) atoms. The van der Waals surface area contributed by atoms with E-state index in [-0.39, 0.29) is 5.54 Å². The summed E-state index contributed by atoms with van der Waals surface area (Å²) in [6.07, 6.45) is 10.3. The highest BCUT2D eigenvalue weighted by molar-refractivity contribution is 5.76. The Morgan fingerprint density at radius 3 is 2.90 bits per heavy atom. The van der Waals surface area contributed by atoms with E-state index in [1.54, 1.807) is 18.6 Å². The van der Waals surface area contributed by atoms with Crippen LogP contribution in [0.4, 0.5) is 0 Å². The predicted molar refractivity (Wildman–Crippen MR) is 75.6 cm³/mol. The van der Waals surface area contributed by atoms with Crippen molar-refractivity contribution in [2.24, 2.45) is 0 Å². The zero-order valence-electron chi connectivity index (χ0n) is 11.5. The van der Waals surface area contributed by atoms with Crippen molar-refractivity contribution in [2.45, 2.75) is 31.2 Å². The lowest BCUT2D eigenvalue weighted by Crippen LogP contribution is -2.43. The molecule has 2 aromatic heterocycles. The number of rotatable bonds is 3. The van der Waals surface area contributed by atoms with Gasteiger partial charge in [0, 0.05) is 24.0 Å². The van der Waals surface area contributed by atoms with Crippen LogP contribution >= 0.6 is 0 Å². The molecule has 2 aliphatic rings. The van der Waals surface area contributed by atoms with E-state index >= 15 is 0 Å². The molecule has 5 nitrogen and oxygen atoms in total. The average molecular weight is 270 g/mol. The summed E-state index contributed by atoms with van der Waals surface area (Å²) in [6, 6.07) is 2.37. The number of fused-ring (bicyclic) bond motifs is 2. The molecule has 0 atom stereocenters. The average Bonchev–Trinajstić information content (AvgIpc) is 3.04. The molecule has 0 aromatic carbocycles. The maximum atomic E-state index is 5.92. The monoisotopic (exact) mass is 270 g/mol. The first kappa shape index (κ1) is 12.0. The topological polar surface area (TPSA) is 51.1 Å². The van der Waals surface area contributed by atoms with Crippen molar-refractivity contribution in [3.05, 3.63) is 24.7 Å². The maximum Gasteiger partial charge on any atom is 0.316 e. The highest BCUT2D eigenvalue weighted by atomic mass is 16.5. The van der Waals surface area contributed by atoms with Gasteiger partial charge in [0.2, 0.25) is 0 Å². The smallest absolute Gasteiger partial charge is 0.316 e. The van der Waals surface area contributed by atoms with Gasteiger partial charge in [-0.15, -0.1) is 0 Å². The summed E-state index contributed by atoms with van der Waals surface area (Å²) < 4.78 is 5.92. The Balaban J connectivity index is 1.53. The van der Waals surface area contributed by atoms with E-state index in [0.29, 0.717) is 12.6 Å². The van der Waals surface area contributed by atoms with Crippen molar-refractivity contribution in [3.8, 4) is 6.01 Å². The largest absolute Gasteiger partial charge is 0.461 e. The number of ether oxygens (including phenoxy) is 1. The third-order valence-corrected chi connectivity index (χ3v) is 4.64. The molecule has 2 saturated heterocycles. The van der Waals surface area contributed by atoms with Crippen LogP contribution in [-0.4, -0.2) is 45.1 Å². The minimum Gasteiger partial charge on any atom is -0.461 e. The van der Waals surface area contributed by atoms with E-state index in [1.165, 1.54) is 38.8 Å². The van der Waals surface area contributed by atoms with Gasteiger partial charge in [-0.3, -0.25) is 9.88 Å². The van der Waals surface area contributed by atoms with Crippen LogP contribution < -0.4 is 4.74 Å². The van der Waals surface area contributed by atoms with Gasteiger partial charge in [-0.2, -0.15) is 4.98 Å². The number of nitrogens with zero attached hydrogens (tertiary/aromatic N) is 4. The van der Waals surface area contributed by atoms with Gasteiger partial charge in [0.1, 0.15) is 6.61 Å². The second-order valence-electron chi connectivity index (χ2n) is 5.79. The molecule has 4 rings (SSSR count). The lowest BCUT2D eigenvalue weighted by molar-refractivity contribution is 0.108. The van der Waals surface area contributed by atoms with Gasteiger partial charge in [-0.05, 0) is 44.8 Å². The minimum atomic E-state index is 0.247. The van der Waals surface area contributed by atoms with Gasteiger partial charge >= 0.3 is 6.01 Å². The van der Waals surface area contributed by atoms with Crippen LogP contribution in [0.25, 0.3) is 10.9 Å². The van der Waals surface area contributed by atoms with Crippen LogP contribution in [0.3, 0.4) is 0 Å². The first-order valence-electron chi connectivity index (χ1n) is 7.30. The highest BCUT2D eigenvalue weighted by Gasteiger charge is 2.44. The molecule has 0 amide bonds. The van der Waals surface area contributed by atoms with E-state index in [2.05, 4.69) is 19.9 Å². The van der Waals surface area contributed by atoms with Gasteiger partial charge < -0.3 is 4.74 Å². The standard InChI is InChI=1S/C15H18N4O/c1-4-15(5-2-8-19(15)7-1)11-20-14-17-10-12-9-16-6-3-13(12)18-14/h3,6,9-10H,1-2,4-5,7-8,11H2. The Hall–Kier alpha value is -1.75. The van der Waals surface area contributed by atoms with Crippen LogP contribution in [0.15, 0.2) is 24.7 Å². The molecule has 0 unspecified atom stereocenters. The van der Waals surface area contributed by atoms with Crippen LogP contribution in [0.5, 0.6) is 6.01 Å². The summed E-state index contributed by atoms with van der Waals surface area (Å²) in [5.41, 5.74) is 1.13. The van der Waals surface area contributed by atoms with E-state index < -0.39 is 0 Å². The number of hydrogen-bond donors (Lipinski definition) is 0. The Morgan fingerprint density at radius 2 is 2.05 bits per heavy atom. The van der Waals surface area contributed by atoms with E-state index in [9.17, 15) is 0 Å². The third-order valence-electron chi connectivity index (χ3n) is 4.64. The normalized spacial score (nSPS) is 21.2. The molecule has 0 saturated carbocycles. The molecule has 0 N–H and O–H groups in total. The van der Waals surface area contributed by atoms with Crippen LogP contribution in [-0.2, 0) is 0 Å². The van der Waals surface area contributed by atoms with Crippen molar-refractivity contribution in [1.29, 1.82) is 0 Å². The predicted octanol–water partition coefficient (Wildman–Crippen LogP) is 2.03. The lowest BCUT2D eigenvalue weighted by Gasteiger charge is -2.31. The Bertz CT molecular complexity index is 620. The molecule has 2 aliphatic heterocycles. The van der Waals surface area contributed by atoms with Gasteiger partial charge in [-0.1, -0.05) is 0 Å². The van der Waals surface area contributed by atoms with Gasteiger partial charge in [0.05, 0.1) is 11.1 Å². The summed E-state index contributed by atoms with van der Waals surface area (Å²) in [5, 5.41) is 0.946. The molecule has 4 heterocycles. The van der Waals surface area contributed by atoms with E-state index in [4.69, 9.17) is 4.74 Å². The van der Waals surface area contributed by atoms with E-state index in [0.717, 1.165) is 10.9 Å². The molecule has 104 valence electrons. The van der Waals surface area contributed by atoms with Crippen molar-refractivity contribution >= 4 is 10.9 Å². The fourth-order valence-electron chi connectivity index (χ4n) is 3.59. The highest BCUT2D eigenvalue weighted by Crippen LogP contribution is 2.38. The molecular weight excluding hydrogens is 252 g/mol. The Labute approximate surface area is 118 Å². The summed E-state index contributed by atoms with van der Waals surface area (Å²) in [5.74, 6) is 0. The van der Waals surface area contributed by atoms with Crippen LogP contribution in [0, 0.1) is 0 Å². The first-order valence-corrected chi connectivity index (χ1v) is 7.30. The summed E-state index contributed by atoms with van der Waals surface area (Å²) >= 11 is 0. The third kappa shape index (κ3) is 1.93. The van der Waals surface area contributed by atoms with Gasteiger partial charge in [-0.25, -0.2) is 4.98 Å². The molecule has 0 bridgehead atoms. The Kier molecular flexibility index (Phi) is 2.80. The van der Waals surface area contributed by atoms with Crippen LogP contribution in [0.1, 0.15) is 25.7 Å². The Morgan fingerprint density at radius 1 is 1.20 bits per heavy atom. The fraction of sp³-hybridized carbons (Fsp3) is 0.533. The molecule has 2 aromatic rings. The second kappa shape index (κ2) is 4.66. The summed E-state index contributed by atoms with van der Waals surface area (Å²) in [6.45, 7) is 3.14.